The molecule has 1 fully saturated rings. The number of hydrogen-bond donors (Lipinski definition) is 2. The summed E-state index contributed by atoms with van der Waals surface area (Å²) in [6.07, 6.45) is 0. The van der Waals surface area contributed by atoms with E-state index in [4.69, 9.17) is 28.1 Å². The summed E-state index contributed by atoms with van der Waals surface area (Å²) >= 11 is 11.2. The van der Waals surface area contributed by atoms with Crippen molar-refractivity contribution in [1.82, 2.24) is 10.6 Å². The number of nitrogens with one attached hydrogen (secondary N) is 1. The fourth-order valence-corrected chi connectivity index (χ4v) is 1.39. The summed E-state index contributed by atoms with van der Waals surface area (Å²) in [5, 5.41) is -1.00. The number of amides is 1. The van der Waals surface area contributed by atoms with Gasteiger partial charge in [0, 0.05) is 15.7 Å². The fourth-order valence-electron chi connectivity index (χ4n) is 0.757. The van der Waals surface area contributed by atoms with E-state index in [1.165, 1.54) is 0 Å². The smallest absolute Gasteiger partial charge is 0.269 e. The number of carbonyl (C=O) groups is 1. The number of carbonyl (C=O) groups excluding carboxylic acids is 1. The van der Waals surface area contributed by atoms with Crippen LogP contribution in [-0.4, -0.2) is 33.3 Å². The van der Waals surface area contributed by atoms with Crippen LogP contribution in [0.4, 0.5) is 0 Å². The zero-order valence-corrected chi connectivity index (χ0v) is 8.59. The summed E-state index contributed by atoms with van der Waals surface area (Å²) in [6.45, 7) is 0.185. The molecule has 1 aliphatic rings. The van der Waals surface area contributed by atoms with Gasteiger partial charge in [0.15, 0.2) is 0 Å². The van der Waals surface area contributed by atoms with Crippen molar-refractivity contribution in [1.29, 1.82) is 0 Å². The van der Waals surface area contributed by atoms with Crippen LogP contribution in [0, 0.1) is 0 Å². The lowest BCUT2D eigenvalue weighted by Gasteiger charge is -2.27. The number of hydrogen-bond acceptors (Lipinski definition) is 4. The second-order valence-corrected chi connectivity index (χ2v) is 3.90. The van der Waals surface area contributed by atoms with Crippen LogP contribution in [0.5, 0.6) is 0 Å². The molecule has 3 unspecified atom stereocenters. The lowest BCUT2D eigenvalue weighted by Crippen LogP contribution is -2.56. The Morgan fingerprint density at radius 1 is 1.69 bits per heavy atom. The Kier molecular flexibility index (Phi) is 3.85. The molecule has 1 saturated heterocycles. The van der Waals surface area contributed by atoms with Crippen molar-refractivity contribution in [2.45, 2.75) is 10.8 Å². The van der Waals surface area contributed by atoms with Crippen LogP contribution in [0.15, 0.2) is 0 Å². The number of rotatable bonds is 2. The molecule has 0 saturated carbocycles. The van der Waals surface area contributed by atoms with E-state index in [2.05, 4.69) is 10.1 Å². The molecule has 13 heavy (non-hydrogen) atoms. The van der Waals surface area contributed by atoms with Gasteiger partial charge in [0.25, 0.3) is 5.91 Å². The minimum Gasteiger partial charge on any atom is -0.269 e. The zero-order valence-electron chi connectivity index (χ0n) is 6.18. The summed E-state index contributed by atoms with van der Waals surface area (Å²) in [4.78, 5) is 19.5. The lowest BCUT2D eigenvalue weighted by molar-refractivity contribution is -0.173. The Bertz CT molecular complexity index is 240. The molecule has 6 nitrogen and oxygen atoms in total. The molecule has 1 rings (SSSR count). The molecule has 0 aromatic rings. The van der Waals surface area contributed by atoms with Crippen LogP contribution < -0.4 is 5.43 Å². The number of halogens is 2. The molecule has 0 aliphatic carbocycles. The zero-order chi connectivity index (χ0) is 10.0. The summed E-state index contributed by atoms with van der Waals surface area (Å²) in [6, 6.07) is 0. The first-order valence-electron chi connectivity index (χ1n) is 3.22. The van der Waals surface area contributed by atoms with Gasteiger partial charge >= 0.3 is 8.25 Å². The second kappa shape index (κ2) is 4.50. The number of hydrazine groups is 1. The molecule has 1 heterocycles. The van der Waals surface area contributed by atoms with Crippen LogP contribution in [0.25, 0.3) is 0 Å². The maximum Gasteiger partial charge on any atom is 0.720 e. The highest BCUT2D eigenvalue weighted by atomic mass is 35.5. The molecule has 9 heteroatoms. The minimum absolute atomic E-state index is 0.185. The first kappa shape index (κ1) is 11.1. The largest absolute Gasteiger partial charge is 0.720 e. The van der Waals surface area contributed by atoms with Crippen molar-refractivity contribution in [3.8, 4) is 0 Å². The Labute approximate surface area is 84.6 Å². The van der Waals surface area contributed by atoms with E-state index in [0.29, 0.717) is 5.17 Å². The number of alkyl halides is 2. The first-order chi connectivity index (χ1) is 6.02. The summed E-state index contributed by atoms with van der Waals surface area (Å²) in [7, 11) is -2.89. The van der Waals surface area contributed by atoms with Gasteiger partial charge in [-0.3, -0.25) is 4.79 Å². The highest BCUT2D eigenvalue weighted by molar-refractivity contribution is 7.32. The van der Waals surface area contributed by atoms with E-state index < -0.39 is 24.9 Å². The van der Waals surface area contributed by atoms with Crippen molar-refractivity contribution < 1.29 is 18.9 Å². The molecule has 3 atom stereocenters. The van der Waals surface area contributed by atoms with Crippen LogP contribution in [0.1, 0.15) is 0 Å². The lowest BCUT2D eigenvalue weighted by atomic mass is 10.2. The third-order valence-corrected chi connectivity index (χ3v) is 2.66. The molecule has 0 radical (unpaired) electrons. The maximum atomic E-state index is 11.2. The van der Waals surface area contributed by atoms with Crippen molar-refractivity contribution in [2.24, 2.45) is 0 Å². The highest BCUT2D eigenvalue weighted by Crippen LogP contribution is 2.22. The van der Waals surface area contributed by atoms with Gasteiger partial charge in [0.05, 0.1) is 5.38 Å². The highest BCUT2D eigenvalue weighted by Gasteiger charge is 2.39. The topological polar surface area (TPSA) is 78.9 Å². The molecule has 74 valence electrons. The number of hydroxylamine groups is 1. The Balaban J connectivity index is 2.59. The van der Waals surface area contributed by atoms with E-state index in [-0.39, 0.29) is 6.54 Å². The van der Waals surface area contributed by atoms with Crippen LogP contribution >= 0.6 is 31.5 Å². The van der Waals surface area contributed by atoms with E-state index in [1.807, 2.05) is 0 Å². The predicted octanol–water partition coefficient (Wildman–Crippen LogP) is 0.129. The Morgan fingerprint density at radius 3 is 2.85 bits per heavy atom. The van der Waals surface area contributed by atoms with Crippen LogP contribution in [-0.2, 0) is 14.0 Å². The Morgan fingerprint density at radius 2 is 2.31 bits per heavy atom. The maximum absolute atomic E-state index is 11.2. The van der Waals surface area contributed by atoms with Gasteiger partial charge in [-0.2, -0.15) is 0 Å². The summed E-state index contributed by atoms with van der Waals surface area (Å²) < 4.78 is 14.4. The van der Waals surface area contributed by atoms with Crippen LogP contribution in [0.2, 0.25) is 0 Å². The SMILES string of the molecule is O=C1C(Cl)C(Cl)CNN1O[P+](=O)O. The molecule has 0 aromatic carbocycles. The molecule has 0 bridgehead atoms. The summed E-state index contributed by atoms with van der Waals surface area (Å²) in [5.41, 5.74) is 2.38. The summed E-state index contributed by atoms with van der Waals surface area (Å²) in [5.74, 6) is -0.690. The molecule has 1 aliphatic heterocycles. The van der Waals surface area contributed by atoms with Gasteiger partial charge in [-0.15, -0.1) is 28.1 Å². The monoisotopic (exact) mass is 247 g/mol. The number of nitrogens with zero attached hydrogens (tertiary/aromatic N) is 1. The van der Waals surface area contributed by atoms with E-state index in [9.17, 15) is 9.36 Å². The van der Waals surface area contributed by atoms with Crippen molar-refractivity contribution in [3.63, 3.8) is 0 Å². The normalized spacial score (nSPS) is 30.5. The molecular weight excluding hydrogens is 242 g/mol. The average Bonchev–Trinajstić information content (AvgIpc) is 2.06. The van der Waals surface area contributed by atoms with Gasteiger partial charge in [-0.05, 0) is 0 Å². The minimum atomic E-state index is -2.89. The van der Waals surface area contributed by atoms with E-state index >= 15 is 0 Å². The molecule has 0 spiro atoms. The third-order valence-electron chi connectivity index (χ3n) is 1.34. The average molecular weight is 248 g/mol. The van der Waals surface area contributed by atoms with Gasteiger partial charge in [0.1, 0.15) is 5.38 Å². The first-order valence-corrected chi connectivity index (χ1v) is 5.22. The quantitative estimate of drug-likeness (QED) is 0.536. The molecule has 2 N–H and O–H groups in total. The van der Waals surface area contributed by atoms with Crippen molar-refractivity contribution >= 4 is 37.4 Å². The molecular formula is C4H6Cl2N2O4P+. The van der Waals surface area contributed by atoms with Gasteiger partial charge in [0.2, 0.25) is 0 Å². The van der Waals surface area contributed by atoms with E-state index in [1.54, 1.807) is 0 Å². The van der Waals surface area contributed by atoms with Crippen molar-refractivity contribution in [2.75, 3.05) is 6.54 Å². The van der Waals surface area contributed by atoms with Crippen molar-refractivity contribution in [3.05, 3.63) is 0 Å². The molecule has 1 amide bonds. The Hall–Kier alpha value is 0.0300. The second-order valence-electron chi connectivity index (χ2n) is 2.23. The van der Waals surface area contributed by atoms with Gasteiger partial charge < -0.3 is 0 Å². The fraction of sp³-hybridized carbons (Fsp3) is 0.750. The van der Waals surface area contributed by atoms with Crippen LogP contribution in [0.3, 0.4) is 0 Å². The predicted molar refractivity (Wildman–Crippen MR) is 45.0 cm³/mol. The van der Waals surface area contributed by atoms with Gasteiger partial charge in [-0.1, -0.05) is 5.17 Å². The standard InChI is InChI=1S/C4H5Cl2N2O4P/c5-2-1-7-8(12-13(10)11)4(9)3(2)6/h2-3,7H,1H2/p+1. The molecule has 0 aromatic heterocycles. The third kappa shape index (κ3) is 2.74. The van der Waals surface area contributed by atoms with Gasteiger partial charge in [-0.25, -0.2) is 5.43 Å². The van der Waals surface area contributed by atoms with E-state index in [0.717, 1.165) is 0 Å².